The summed E-state index contributed by atoms with van der Waals surface area (Å²) in [5.41, 5.74) is 3.94. The lowest BCUT2D eigenvalue weighted by Gasteiger charge is -2.07. The third-order valence-corrected chi connectivity index (χ3v) is 2.67. The Morgan fingerprint density at radius 1 is 1.06 bits per heavy atom. The molecule has 2 heteroatoms. The maximum absolute atomic E-state index is 5.47. The molecule has 0 N–H and O–H groups in total. The third-order valence-electron chi connectivity index (χ3n) is 2.67. The first-order valence-electron chi connectivity index (χ1n) is 5.51. The van der Waals surface area contributed by atoms with E-state index in [4.69, 9.17) is 9.47 Å². The lowest BCUT2D eigenvalue weighted by molar-refractivity contribution is 0.0776. The Labute approximate surface area is 102 Å². The van der Waals surface area contributed by atoms with Crippen molar-refractivity contribution < 1.29 is 9.47 Å². The van der Waals surface area contributed by atoms with E-state index in [1.165, 1.54) is 5.56 Å². The van der Waals surface area contributed by atoms with Crippen molar-refractivity contribution in [3.05, 3.63) is 65.6 Å². The Hall–Kier alpha value is -1.96. The van der Waals surface area contributed by atoms with E-state index in [-0.39, 0.29) is 6.79 Å². The van der Waals surface area contributed by atoms with Crippen molar-refractivity contribution in [1.29, 1.82) is 0 Å². The van der Waals surface area contributed by atoms with E-state index in [0.29, 0.717) is 11.5 Å². The van der Waals surface area contributed by atoms with Gasteiger partial charge in [-0.3, -0.25) is 0 Å². The van der Waals surface area contributed by atoms with Crippen molar-refractivity contribution in [2.45, 2.75) is 13.8 Å². The second kappa shape index (κ2) is 4.50. The molecular weight excluding hydrogens is 212 g/mol. The van der Waals surface area contributed by atoms with Gasteiger partial charge in [0.05, 0.1) is 0 Å². The Morgan fingerprint density at radius 3 is 2.24 bits per heavy atom. The van der Waals surface area contributed by atoms with Crippen LogP contribution in [0.5, 0.6) is 0 Å². The molecule has 0 aliphatic carbocycles. The van der Waals surface area contributed by atoms with Gasteiger partial charge in [-0.25, -0.2) is 0 Å². The number of aryl methyl sites for hydroxylation is 1. The molecule has 1 aliphatic rings. The van der Waals surface area contributed by atoms with Crippen molar-refractivity contribution in [3.63, 3.8) is 0 Å². The number of hydrogen-bond acceptors (Lipinski definition) is 2. The monoisotopic (exact) mass is 228 g/mol. The van der Waals surface area contributed by atoms with Gasteiger partial charge in [0.15, 0.2) is 11.5 Å². The number of benzene rings is 1. The van der Waals surface area contributed by atoms with Gasteiger partial charge < -0.3 is 9.47 Å². The number of hydrogen-bond donors (Lipinski definition) is 0. The van der Waals surface area contributed by atoms with Gasteiger partial charge >= 0.3 is 0 Å². The third kappa shape index (κ3) is 2.26. The average Bonchev–Trinajstić information content (AvgIpc) is 2.78. The maximum atomic E-state index is 5.47. The highest BCUT2D eigenvalue weighted by Crippen LogP contribution is 2.32. The van der Waals surface area contributed by atoms with Crippen LogP contribution in [0.15, 0.2) is 54.5 Å². The lowest BCUT2D eigenvalue weighted by atomic mass is 10.0. The molecule has 1 heterocycles. The minimum absolute atomic E-state index is 0.239. The first-order valence-corrected chi connectivity index (χ1v) is 5.51. The topological polar surface area (TPSA) is 18.5 Å². The van der Waals surface area contributed by atoms with Crippen LogP contribution in [0.25, 0.3) is 5.57 Å². The molecule has 17 heavy (non-hydrogen) atoms. The van der Waals surface area contributed by atoms with Crippen LogP contribution < -0.4 is 0 Å². The largest absolute Gasteiger partial charge is 0.453 e. The summed E-state index contributed by atoms with van der Waals surface area (Å²) in [6.45, 7) is 12.1. The fraction of sp³-hybridized carbons (Fsp3) is 0.200. The van der Waals surface area contributed by atoms with Crippen LogP contribution in [0.3, 0.4) is 0 Å². The molecule has 2 nitrogen and oxygen atoms in total. The van der Waals surface area contributed by atoms with Gasteiger partial charge in [-0.1, -0.05) is 43.0 Å². The van der Waals surface area contributed by atoms with E-state index in [0.717, 1.165) is 16.7 Å². The van der Waals surface area contributed by atoms with Crippen molar-refractivity contribution >= 4 is 5.57 Å². The van der Waals surface area contributed by atoms with Gasteiger partial charge in [-0.05, 0) is 25.0 Å². The average molecular weight is 228 g/mol. The molecule has 0 unspecified atom stereocenters. The summed E-state index contributed by atoms with van der Waals surface area (Å²) in [5, 5.41) is 0. The van der Waals surface area contributed by atoms with Gasteiger partial charge in [0.1, 0.15) is 0 Å². The molecule has 88 valence electrons. The van der Waals surface area contributed by atoms with E-state index in [1.807, 2.05) is 19.1 Å². The molecule has 1 aliphatic heterocycles. The van der Waals surface area contributed by atoms with E-state index < -0.39 is 0 Å². The molecule has 2 rings (SSSR count). The summed E-state index contributed by atoms with van der Waals surface area (Å²) in [6.07, 6.45) is 0. The summed E-state index contributed by atoms with van der Waals surface area (Å²) < 4.78 is 10.9. The zero-order chi connectivity index (χ0) is 12.4. The van der Waals surface area contributed by atoms with E-state index in [1.54, 1.807) is 0 Å². The molecule has 0 atom stereocenters. The SMILES string of the molecule is C=C(C)C1=C(C(=C)c2ccc(C)cc2)OCO1. The fourth-order valence-corrected chi connectivity index (χ4v) is 1.71. The smallest absolute Gasteiger partial charge is 0.231 e. The maximum Gasteiger partial charge on any atom is 0.231 e. The van der Waals surface area contributed by atoms with Crippen molar-refractivity contribution in [2.24, 2.45) is 0 Å². The van der Waals surface area contributed by atoms with Crippen LogP contribution >= 0.6 is 0 Å². The van der Waals surface area contributed by atoms with E-state index in [2.05, 4.69) is 32.2 Å². The molecule has 0 spiro atoms. The molecule has 1 aromatic carbocycles. The van der Waals surface area contributed by atoms with Crippen molar-refractivity contribution in [3.8, 4) is 0 Å². The van der Waals surface area contributed by atoms with Gasteiger partial charge in [0, 0.05) is 5.57 Å². The van der Waals surface area contributed by atoms with Crippen LogP contribution in [0.1, 0.15) is 18.1 Å². The minimum atomic E-state index is 0.239. The Bertz CT molecular complexity index is 492. The fourth-order valence-electron chi connectivity index (χ4n) is 1.71. The summed E-state index contributed by atoms with van der Waals surface area (Å²) in [5.74, 6) is 1.40. The Balaban J connectivity index is 2.34. The van der Waals surface area contributed by atoms with Crippen molar-refractivity contribution in [1.82, 2.24) is 0 Å². The van der Waals surface area contributed by atoms with Crippen LogP contribution in [-0.2, 0) is 9.47 Å². The van der Waals surface area contributed by atoms with Gasteiger partial charge in [-0.15, -0.1) is 0 Å². The summed E-state index contributed by atoms with van der Waals surface area (Å²) in [7, 11) is 0. The Kier molecular flexibility index (Phi) is 3.05. The van der Waals surface area contributed by atoms with Crippen molar-refractivity contribution in [2.75, 3.05) is 6.79 Å². The normalized spacial score (nSPS) is 14.2. The minimum Gasteiger partial charge on any atom is -0.453 e. The standard InChI is InChI=1S/C15H16O2/c1-10(2)14-15(17-9-16-14)12(4)13-7-5-11(3)6-8-13/h5-8H,1,4,9H2,2-3H3. The second-order valence-electron chi connectivity index (χ2n) is 4.19. The highest BCUT2D eigenvalue weighted by atomic mass is 16.7. The molecule has 0 aromatic heterocycles. The predicted molar refractivity (Wildman–Crippen MR) is 69.1 cm³/mol. The van der Waals surface area contributed by atoms with Crippen LogP contribution in [0, 0.1) is 6.92 Å². The number of ether oxygens (including phenoxy) is 2. The highest BCUT2D eigenvalue weighted by molar-refractivity contribution is 5.77. The number of rotatable bonds is 3. The first-order chi connectivity index (χ1) is 8.09. The quantitative estimate of drug-likeness (QED) is 0.783. The molecule has 0 saturated heterocycles. The van der Waals surface area contributed by atoms with Crippen LogP contribution in [0.2, 0.25) is 0 Å². The Morgan fingerprint density at radius 2 is 1.65 bits per heavy atom. The summed E-state index contributed by atoms with van der Waals surface area (Å²) in [6, 6.07) is 8.17. The van der Waals surface area contributed by atoms with Gasteiger partial charge in [0.25, 0.3) is 0 Å². The summed E-state index contributed by atoms with van der Waals surface area (Å²) in [4.78, 5) is 0. The zero-order valence-corrected chi connectivity index (χ0v) is 10.2. The molecule has 0 saturated carbocycles. The van der Waals surface area contributed by atoms with E-state index in [9.17, 15) is 0 Å². The second-order valence-corrected chi connectivity index (χ2v) is 4.19. The molecule has 0 radical (unpaired) electrons. The molecule has 0 bridgehead atoms. The zero-order valence-electron chi connectivity index (χ0n) is 10.2. The van der Waals surface area contributed by atoms with Crippen LogP contribution in [0.4, 0.5) is 0 Å². The summed E-state index contributed by atoms with van der Waals surface area (Å²) >= 11 is 0. The molecule has 0 amide bonds. The predicted octanol–water partition coefficient (Wildman–Crippen LogP) is 3.80. The highest BCUT2D eigenvalue weighted by Gasteiger charge is 2.21. The van der Waals surface area contributed by atoms with Crippen LogP contribution in [-0.4, -0.2) is 6.79 Å². The van der Waals surface area contributed by atoms with Gasteiger partial charge in [0.2, 0.25) is 6.79 Å². The van der Waals surface area contributed by atoms with Gasteiger partial charge in [-0.2, -0.15) is 0 Å². The molecule has 1 aromatic rings. The lowest BCUT2D eigenvalue weighted by Crippen LogP contribution is -1.92. The van der Waals surface area contributed by atoms with E-state index >= 15 is 0 Å². The first kappa shape index (κ1) is 11.5. The molecular formula is C15H16O2. The number of allylic oxidation sites excluding steroid dienone is 2. The molecule has 0 fully saturated rings.